The summed E-state index contributed by atoms with van der Waals surface area (Å²) in [6.45, 7) is 5.71. The molecule has 21 heavy (non-hydrogen) atoms. The Morgan fingerprint density at radius 3 is 2.62 bits per heavy atom. The largest absolute Gasteiger partial charge is 0.481 e. The maximum Gasteiger partial charge on any atom is 0.307 e. The van der Waals surface area contributed by atoms with Gasteiger partial charge in [0.1, 0.15) is 0 Å². The van der Waals surface area contributed by atoms with E-state index in [1.807, 2.05) is 20.8 Å². The van der Waals surface area contributed by atoms with Crippen LogP contribution in [0.2, 0.25) is 0 Å². The van der Waals surface area contributed by atoms with Crippen LogP contribution < -0.4 is 4.72 Å². The number of carbonyl (C=O) groups is 1. The molecule has 3 atom stereocenters. The molecule has 3 N–H and O–H groups in total. The van der Waals surface area contributed by atoms with E-state index >= 15 is 0 Å². The van der Waals surface area contributed by atoms with Gasteiger partial charge in [0.15, 0.2) is 0 Å². The van der Waals surface area contributed by atoms with Crippen molar-refractivity contribution in [1.82, 2.24) is 9.71 Å². The first-order valence-corrected chi connectivity index (χ1v) is 8.52. The van der Waals surface area contributed by atoms with Crippen LogP contribution in [0.5, 0.6) is 0 Å². The number of H-pyrrole nitrogens is 1. The molecule has 1 fully saturated rings. The molecule has 3 unspecified atom stereocenters. The minimum atomic E-state index is -3.57. The Kier molecular flexibility index (Phi) is 4.17. The van der Waals surface area contributed by atoms with Gasteiger partial charge in [0, 0.05) is 18.4 Å². The first-order valence-electron chi connectivity index (χ1n) is 7.04. The van der Waals surface area contributed by atoms with Crippen LogP contribution in [-0.2, 0) is 14.8 Å². The van der Waals surface area contributed by atoms with E-state index in [0.29, 0.717) is 12.8 Å². The van der Waals surface area contributed by atoms with Crippen molar-refractivity contribution in [3.63, 3.8) is 0 Å². The Morgan fingerprint density at radius 1 is 1.43 bits per heavy atom. The fourth-order valence-electron chi connectivity index (χ4n) is 3.15. The van der Waals surface area contributed by atoms with Gasteiger partial charge in [-0.1, -0.05) is 20.8 Å². The fourth-order valence-corrected chi connectivity index (χ4v) is 4.48. The van der Waals surface area contributed by atoms with Crippen molar-refractivity contribution < 1.29 is 18.3 Å². The van der Waals surface area contributed by atoms with Gasteiger partial charge in [-0.25, -0.2) is 13.1 Å². The molecule has 0 spiro atoms. The van der Waals surface area contributed by atoms with Crippen LogP contribution in [0.3, 0.4) is 0 Å². The van der Waals surface area contributed by atoms with E-state index in [1.54, 1.807) is 6.20 Å². The summed E-state index contributed by atoms with van der Waals surface area (Å²) in [5, 5.41) is 9.32. The van der Waals surface area contributed by atoms with Crippen molar-refractivity contribution in [2.75, 3.05) is 0 Å². The number of aliphatic carboxylic acids is 1. The van der Waals surface area contributed by atoms with E-state index in [0.717, 1.165) is 0 Å². The summed E-state index contributed by atoms with van der Waals surface area (Å²) in [6.07, 6.45) is 4.00. The molecule has 6 nitrogen and oxygen atoms in total. The van der Waals surface area contributed by atoms with Crippen LogP contribution in [0, 0.1) is 17.3 Å². The Labute approximate surface area is 125 Å². The molecule has 7 heteroatoms. The van der Waals surface area contributed by atoms with Crippen LogP contribution in [0.15, 0.2) is 23.4 Å². The van der Waals surface area contributed by atoms with Gasteiger partial charge in [-0.15, -0.1) is 0 Å². The molecule has 1 heterocycles. The lowest BCUT2D eigenvalue weighted by molar-refractivity contribution is -0.150. The van der Waals surface area contributed by atoms with Crippen LogP contribution >= 0.6 is 0 Å². The average Bonchev–Trinajstić information content (AvgIpc) is 2.89. The molecule has 0 saturated heterocycles. The van der Waals surface area contributed by atoms with Crippen LogP contribution in [0.25, 0.3) is 0 Å². The van der Waals surface area contributed by atoms with Crippen molar-refractivity contribution in [3.8, 4) is 0 Å². The number of carboxylic acids is 1. The highest BCUT2D eigenvalue weighted by atomic mass is 32.2. The standard InChI is InChI=1S/C14H22N2O4S/c1-9-12(5-4-11(13(17)18)14(9,2)3)16-21(19,20)10-6-7-15-8-10/h6-9,11-12,15-16H,4-5H2,1-3H3,(H,17,18). The molecule has 2 rings (SSSR count). The lowest BCUT2D eigenvalue weighted by Crippen LogP contribution is -2.52. The fraction of sp³-hybridized carbons (Fsp3) is 0.643. The summed E-state index contributed by atoms with van der Waals surface area (Å²) in [5.74, 6) is -1.32. The SMILES string of the molecule is CC1C(NS(=O)(=O)c2cc[nH]c2)CCC(C(=O)O)C1(C)C. The average molecular weight is 314 g/mol. The third-order valence-corrected chi connectivity index (χ3v) is 6.41. The number of aromatic nitrogens is 1. The summed E-state index contributed by atoms with van der Waals surface area (Å²) in [5.41, 5.74) is -0.463. The van der Waals surface area contributed by atoms with Crippen molar-refractivity contribution in [3.05, 3.63) is 18.5 Å². The maximum atomic E-state index is 12.3. The zero-order valence-corrected chi connectivity index (χ0v) is 13.3. The normalized spacial score (nSPS) is 29.2. The Balaban J connectivity index is 2.18. The van der Waals surface area contributed by atoms with E-state index < -0.39 is 27.3 Å². The second-order valence-corrected chi connectivity index (χ2v) is 8.07. The smallest absolute Gasteiger partial charge is 0.307 e. The van der Waals surface area contributed by atoms with Gasteiger partial charge in [0.05, 0.1) is 10.8 Å². The third kappa shape index (κ3) is 2.98. The molecular weight excluding hydrogens is 292 g/mol. The number of nitrogens with one attached hydrogen (secondary N) is 2. The molecule has 0 radical (unpaired) electrons. The number of hydrogen-bond acceptors (Lipinski definition) is 3. The summed E-state index contributed by atoms with van der Waals surface area (Å²) < 4.78 is 27.3. The minimum absolute atomic E-state index is 0.0685. The molecule has 1 saturated carbocycles. The van der Waals surface area contributed by atoms with Gasteiger partial charge in [0.2, 0.25) is 10.0 Å². The second kappa shape index (κ2) is 5.46. The molecule has 1 aliphatic carbocycles. The summed E-state index contributed by atoms with van der Waals surface area (Å²) in [6, 6.07) is 1.25. The van der Waals surface area contributed by atoms with Crippen LogP contribution in [-0.4, -0.2) is 30.5 Å². The molecule has 0 amide bonds. The van der Waals surface area contributed by atoms with Gasteiger partial charge in [-0.05, 0) is 30.2 Å². The molecule has 1 aromatic heterocycles. The van der Waals surface area contributed by atoms with Gasteiger partial charge in [-0.2, -0.15) is 0 Å². The quantitative estimate of drug-likeness (QED) is 0.789. The molecule has 0 aromatic carbocycles. The topological polar surface area (TPSA) is 99.3 Å². The zero-order valence-electron chi connectivity index (χ0n) is 12.5. The van der Waals surface area contributed by atoms with E-state index in [2.05, 4.69) is 9.71 Å². The van der Waals surface area contributed by atoms with Crippen LogP contribution in [0.4, 0.5) is 0 Å². The van der Waals surface area contributed by atoms with E-state index in [-0.39, 0.29) is 16.9 Å². The Hall–Kier alpha value is -1.34. The zero-order chi connectivity index (χ0) is 15.8. The third-order valence-electron chi connectivity index (χ3n) is 4.93. The number of rotatable bonds is 4. The number of sulfonamides is 1. The molecule has 1 aromatic rings. The number of carboxylic acid groups (broad SMARTS) is 1. The monoisotopic (exact) mass is 314 g/mol. The molecular formula is C14H22N2O4S. The molecule has 0 bridgehead atoms. The molecule has 118 valence electrons. The summed E-state index contributed by atoms with van der Waals surface area (Å²) in [4.78, 5) is 14.3. The van der Waals surface area contributed by atoms with Crippen LogP contribution in [0.1, 0.15) is 33.6 Å². The van der Waals surface area contributed by atoms with E-state index in [4.69, 9.17) is 0 Å². The van der Waals surface area contributed by atoms with Crippen molar-refractivity contribution in [1.29, 1.82) is 0 Å². The molecule has 1 aliphatic rings. The lowest BCUT2D eigenvalue weighted by Gasteiger charge is -2.46. The first-order chi connectivity index (χ1) is 9.66. The second-order valence-electron chi connectivity index (χ2n) is 6.35. The lowest BCUT2D eigenvalue weighted by atomic mass is 9.61. The van der Waals surface area contributed by atoms with Gasteiger partial charge < -0.3 is 10.1 Å². The highest BCUT2D eigenvalue weighted by Gasteiger charge is 2.47. The predicted molar refractivity (Wildman–Crippen MR) is 78.2 cm³/mol. The number of aromatic amines is 1. The highest BCUT2D eigenvalue weighted by Crippen LogP contribution is 2.45. The highest BCUT2D eigenvalue weighted by molar-refractivity contribution is 7.89. The summed E-state index contributed by atoms with van der Waals surface area (Å²) in [7, 11) is -3.57. The van der Waals surface area contributed by atoms with Gasteiger partial charge in [0.25, 0.3) is 0 Å². The molecule has 0 aliphatic heterocycles. The van der Waals surface area contributed by atoms with Crippen molar-refractivity contribution >= 4 is 16.0 Å². The first kappa shape index (κ1) is 16.0. The predicted octanol–water partition coefficient (Wildman–Crippen LogP) is 1.82. The van der Waals surface area contributed by atoms with Crippen molar-refractivity contribution in [2.45, 2.75) is 44.6 Å². The van der Waals surface area contributed by atoms with Gasteiger partial charge in [-0.3, -0.25) is 4.79 Å². The number of hydrogen-bond donors (Lipinski definition) is 3. The minimum Gasteiger partial charge on any atom is -0.481 e. The van der Waals surface area contributed by atoms with E-state index in [9.17, 15) is 18.3 Å². The van der Waals surface area contributed by atoms with Gasteiger partial charge >= 0.3 is 5.97 Å². The maximum absolute atomic E-state index is 12.3. The summed E-state index contributed by atoms with van der Waals surface area (Å²) >= 11 is 0. The Morgan fingerprint density at radius 2 is 2.10 bits per heavy atom. The van der Waals surface area contributed by atoms with E-state index in [1.165, 1.54) is 12.3 Å². The van der Waals surface area contributed by atoms with Crippen molar-refractivity contribution in [2.24, 2.45) is 17.3 Å². The Bertz CT molecular complexity index is 607.